The molecular weight excluding hydrogens is 234 g/mol. The normalized spacial score (nSPS) is 23.4. The van der Waals surface area contributed by atoms with Gasteiger partial charge in [0, 0.05) is 19.1 Å². The zero-order valence-corrected chi connectivity index (χ0v) is 11.7. The van der Waals surface area contributed by atoms with E-state index < -0.39 is 0 Å². The third-order valence-corrected chi connectivity index (χ3v) is 4.36. The van der Waals surface area contributed by atoms with Gasteiger partial charge in [-0.05, 0) is 49.7 Å². The summed E-state index contributed by atoms with van der Waals surface area (Å²) in [7, 11) is 1.87. The number of guanidine groups is 1. The quantitative estimate of drug-likeness (QED) is 0.630. The van der Waals surface area contributed by atoms with Crippen molar-refractivity contribution in [1.29, 1.82) is 0 Å². The number of aliphatic imine (C=N–C) groups is 1. The summed E-state index contributed by atoms with van der Waals surface area (Å²) < 4.78 is 0. The average molecular weight is 257 g/mol. The molecule has 3 nitrogen and oxygen atoms in total. The molecule has 0 heterocycles. The number of nitrogens with zero attached hydrogens (tertiary/aromatic N) is 1. The SMILES string of the molecule is CN=C(NC1CCC1)NC1CCc2ccccc2C1. The standard InChI is InChI=1S/C16H23N3/c1-17-16(18-14-7-4-8-14)19-15-10-9-12-5-2-3-6-13(12)11-15/h2-3,5-6,14-15H,4,7-11H2,1H3,(H2,17,18,19). The zero-order chi connectivity index (χ0) is 13.1. The van der Waals surface area contributed by atoms with Crippen LogP contribution in [0.5, 0.6) is 0 Å². The van der Waals surface area contributed by atoms with Crippen LogP contribution in [0.25, 0.3) is 0 Å². The maximum Gasteiger partial charge on any atom is 0.191 e. The highest BCUT2D eigenvalue weighted by Gasteiger charge is 2.22. The number of rotatable bonds is 2. The van der Waals surface area contributed by atoms with Gasteiger partial charge in [0.15, 0.2) is 5.96 Å². The van der Waals surface area contributed by atoms with E-state index in [1.54, 1.807) is 0 Å². The minimum absolute atomic E-state index is 0.515. The number of fused-ring (bicyclic) bond motifs is 1. The highest BCUT2D eigenvalue weighted by atomic mass is 15.2. The minimum Gasteiger partial charge on any atom is -0.354 e. The third-order valence-electron chi connectivity index (χ3n) is 4.36. The van der Waals surface area contributed by atoms with Crippen molar-refractivity contribution in [1.82, 2.24) is 10.6 Å². The van der Waals surface area contributed by atoms with E-state index in [1.807, 2.05) is 7.05 Å². The lowest BCUT2D eigenvalue weighted by molar-refractivity contribution is 0.376. The van der Waals surface area contributed by atoms with Gasteiger partial charge in [-0.25, -0.2) is 0 Å². The number of nitrogens with one attached hydrogen (secondary N) is 2. The molecule has 0 bridgehead atoms. The molecule has 0 spiro atoms. The molecule has 3 rings (SSSR count). The Morgan fingerprint density at radius 1 is 1.05 bits per heavy atom. The molecule has 0 aliphatic heterocycles. The first kappa shape index (κ1) is 12.5. The lowest BCUT2D eigenvalue weighted by atomic mass is 9.88. The van der Waals surface area contributed by atoms with Crippen LogP contribution in [0, 0.1) is 0 Å². The lowest BCUT2D eigenvalue weighted by Gasteiger charge is -2.31. The van der Waals surface area contributed by atoms with Crippen LogP contribution < -0.4 is 10.6 Å². The molecule has 1 aromatic rings. The fourth-order valence-electron chi connectivity index (χ4n) is 2.93. The Balaban J connectivity index is 1.58. The van der Waals surface area contributed by atoms with Crippen LogP contribution in [0.4, 0.5) is 0 Å². The third kappa shape index (κ3) is 2.91. The van der Waals surface area contributed by atoms with Crippen molar-refractivity contribution in [2.24, 2.45) is 4.99 Å². The molecule has 0 amide bonds. The summed E-state index contributed by atoms with van der Waals surface area (Å²) in [5.41, 5.74) is 3.01. The predicted octanol–water partition coefficient (Wildman–Crippen LogP) is 2.26. The van der Waals surface area contributed by atoms with Crippen molar-refractivity contribution in [3.8, 4) is 0 Å². The highest BCUT2D eigenvalue weighted by Crippen LogP contribution is 2.21. The molecule has 1 saturated carbocycles. The van der Waals surface area contributed by atoms with Gasteiger partial charge < -0.3 is 10.6 Å². The molecule has 2 aliphatic rings. The van der Waals surface area contributed by atoms with Gasteiger partial charge in [-0.2, -0.15) is 0 Å². The first-order valence-electron chi connectivity index (χ1n) is 7.42. The Morgan fingerprint density at radius 2 is 1.79 bits per heavy atom. The average Bonchev–Trinajstić information content (AvgIpc) is 2.41. The second-order valence-electron chi connectivity index (χ2n) is 5.70. The van der Waals surface area contributed by atoms with Gasteiger partial charge in [0.05, 0.1) is 0 Å². The fourth-order valence-corrected chi connectivity index (χ4v) is 2.93. The molecule has 2 aliphatic carbocycles. The van der Waals surface area contributed by atoms with Gasteiger partial charge in [0.2, 0.25) is 0 Å². The summed E-state index contributed by atoms with van der Waals surface area (Å²) in [4.78, 5) is 4.35. The molecule has 0 saturated heterocycles. The van der Waals surface area contributed by atoms with Crippen LogP contribution in [-0.4, -0.2) is 25.1 Å². The number of aryl methyl sites for hydroxylation is 1. The zero-order valence-electron chi connectivity index (χ0n) is 11.7. The van der Waals surface area contributed by atoms with E-state index >= 15 is 0 Å². The van der Waals surface area contributed by atoms with E-state index in [1.165, 1.54) is 43.2 Å². The summed E-state index contributed by atoms with van der Waals surface area (Å²) >= 11 is 0. The van der Waals surface area contributed by atoms with E-state index in [9.17, 15) is 0 Å². The molecule has 0 radical (unpaired) electrons. The number of hydrogen-bond donors (Lipinski definition) is 2. The summed E-state index contributed by atoms with van der Waals surface area (Å²) in [5, 5.41) is 7.10. The van der Waals surface area contributed by atoms with Crippen LogP contribution in [0.15, 0.2) is 29.3 Å². The van der Waals surface area contributed by atoms with E-state index in [4.69, 9.17) is 0 Å². The van der Waals surface area contributed by atoms with Crippen LogP contribution in [0.3, 0.4) is 0 Å². The molecule has 1 unspecified atom stereocenters. The van der Waals surface area contributed by atoms with Gasteiger partial charge in [-0.3, -0.25) is 4.99 Å². The molecule has 1 aromatic carbocycles. The summed E-state index contributed by atoms with van der Waals surface area (Å²) in [5.74, 6) is 0.981. The molecular formula is C16H23N3. The Morgan fingerprint density at radius 3 is 2.47 bits per heavy atom. The maximum atomic E-state index is 4.35. The molecule has 19 heavy (non-hydrogen) atoms. The van der Waals surface area contributed by atoms with Crippen molar-refractivity contribution >= 4 is 5.96 Å². The lowest BCUT2D eigenvalue weighted by Crippen LogP contribution is -2.50. The molecule has 1 atom stereocenters. The van der Waals surface area contributed by atoms with Crippen molar-refractivity contribution in [2.75, 3.05) is 7.05 Å². The topological polar surface area (TPSA) is 36.4 Å². The predicted molar refractivity (Wildman–Crippen MR) is 79.5 cm³/mol. The molecule has 0 aromatic heterocycles. The van der Waals surface area contributed by atoms with Crippen molar-refractivity contribution in [3.63, 3.8) is 0 Å². The van der Waals surface area contributed by atoms with E-state index in [-0.39, 0.29) is 0 Å². The van der Waals surface area contributed by atoms with Crippen LogP contribution in [-0.2, 0) is 12.8 Å². The molecule has 1 fully saturated rings. The largest absolute Gasteiger partial charge is 0.354 e. The Labute approximate surface area is 115 Å². The van der Waals surface area contributed by atoms with E-state index in [0.717, 1.165) is 12.4 Å². The monoisotopic (exact) mass is 257 g/mol. The van der Waals surface area contributed by atoms with Gasteiger partial charge in [-0.1, -0.05) is 24.3 Å². The first-order chi connectivity index (χ1) is 9.35. The van der Waals surface area contributed by atoms with Gasteiger partial charge in [0.25, 0.3) is 0 Å². The fraction of sp³-hybridized carbons (Fsp3) is 0.562. The summed E-state index contributed by atoms with van der Waals surface area (Å²) in [6.45, 7) is 0. The second-order valence-corrected chi connectivity index (χ2v) is 5.70. The number of benzene rings is 1. The van der Waals surface area contributed by atoms with Crippen molar-refractivity contribution in [3.05, 3.63) is 35.4 Å². The minimum atomic E-state index is 0.515. The van der Waals surface area contributed by atoms with Crippen LogP contribution in [0.2, 0.25) is 0 Å². The van der Waals surface area contributed by atoms with Gasteiger partial charge >= 0.3 is 0 Å². The van der Waals surface area contributed by atoms with Gasteiger partial charge in [-0.15, -0.1) is 0 Å². The van der Waals surface area contributed by atoms with Crippen molar-refractivity contribution < 1.29 is 0 Å². The van der Waals surface area contributed by atoms with Crippen LogP contribution in [0.1, 0.15) is 36.8 Å². The van der Waals surface area contributed by atoms with E-state index in [0.29, 0.717) is 12.1 Å². The Hall–Kier alpha value is -1.51. The second kappa shape index (κ2) is 5.64. The van der Waals surface area contributed by atoms with Crippen molar-refractivity contribution in [2.45, 2.75) is 50.6 Å². The molecule has 2 N–H and O–H groups in total. The smallest absolute Gasteiger partial charge is 0.191 e. The summed E-state index contributed by atoms with van der Waals surface area (Å²) in [6, 6.07) is 9.95. The number of hydrogen-bond acceptors (Lipinski definition) is 1. The Bertz CT molecular complexity index is 463. The highest BCUT2D eigenvalue weighted by molar-refractivity contribution is 5.80. The molecule has 3 heteroatoms. The maximum absolute atomic E-state index is 4.35. The summed E-state index contributed by atoms with van der Waals surface area (Å²) in [6.07, 6.45) is 7.41. The van der Waals surface area contributed by atoms with E-state index in [2.05, 4.69) is 39.9 Å². The van der Waals surface area contributed by atoms with Gasteiger partial charge in [0.1, 0.15) is 0 Å². The Kier molecular flexibility index (Phi) is 3.72. The first-order valence-corrected chi connectivity index (χ1v) is 7.42. The molecule has 102 valence electrons. The van der Waals surface area contributed by atoms with Crippen LogP contribution >= 0.6 is 0 Å².